The highest BCUT2D eigenvalue weighted by Gasteiger charge is 2.19. The number of aromatic nitrogens is 3. The Hall–Kier alpha value is -1.71. The average Bonchev–Trinajstić information content (AvgIpc) is 2.74. The van der Waals surface area contributed by atoms with Crippen LogP contribution in [0.5, 0.6) is 0 Å². The van der Waals surface area contributed by atoms with Crippen LogP contribution >= 0.6 is 0 Å². The molecule has 0 aliphatic heterocycles. The van der Waals surface area contributed by atoms with Gasteiger partial charge in [-0.2, -0.15) is 4.68 Å². The predicted octanol–water partition coefficient (Wildman–Crippen LogP) is 2.51. The molecular weight excluding hydrogens is 202 g/mol. The molecule has 1 heterocycles. The topological polar surface area (TPSA) is 47.8 Å². The number of carbonyl (C=O) groups is 1. The molecule has 2 aromatic rings. The van der Waals surface area contributed by atoms with Crippen LogP contribution in [0.15, 0.2) is 24.3 Å². The second kappa shape index (κ2) is 4.43. The van der Waals surface area contributed by atoms with Gasteiger partial charge in [-0.1, -0.05) is 31.2 Å². The lowest BCUT2D eigenvalue weighted by molar-refractivity contribution is 0.0813. The van der Waals surface area contributed by atoms with Gasteiger partial charge in [0.25, 0.3) is 5.91 Å². The Balaban J connectivity index is 2.43. The first-order chi connectivity index (χ1) is 7.77. The van der Waals surface area contributed by atoms with Gasteiger partial charge in [-0.15, -0.1) is 5.10 Å². The summed E-state index contributed by atoms with van der Waals surface area (Å²) in [6.07, 6.45) is 1.67. The monoisotopic (exact) mass is 217 g/mol. The molecule has 0 fully saturated rings. The minimum Gasteiger partial charge on any atom is -0.272 e. The zero-order valence-electron chi connectivity index (χ0n) is 9.55. The third kappa shape index (κ3) is 1.71. The largest absolute Gasteiger partial charge is 0.272 e. The highest BCUT2D eigenvalue weighted by Crippen LogP contribution is 2.15. The number of para-hydroxylation sites is 1. The van der Waals surface area contributed by atoms with E-state index in [0.29, 0.717) is 0 Å². The lowest BCUT2D eigenvalue weighted by Crippen LogP contribution is -2.21. The van der Waals surface area contributed by atoms with Crippen LogP contribution in [0.2, 0.25) is 0 Å². The van der Waals surface area contributed by atoms with Crippen LogP contribution < -0.4 is 0 Å². The summed E-state index contributed by atoms with van der Waals surface area (Å²) in [5, 5.41) is 7.91. The Morgan fingerprint density at radius 1 is 1.31 bits per heavy atom. The smallest absolute Gasteiger partial charge is 0.251 e. The van der Waals surface area contributed by atoms with Crippen molar-refractivity contribution in [2.45, 2.75) is 26.7 Å². The van der Waals surface area contributed by atoms with Gasteiger partial charge >= 0.3 is 0 Å². The Kier molecular flexibility index (Phi) is 2.99. The van der Waals surface area contributed by atoms with Gasteiger partial charge in [-0.3, -0.25) is 4.79 Å². The Bertz CT molecular complexity index is 500. The van der Waals surface area contributed by atoms with Gasteiger partial charge in [0.05, 0.1) is 5.52 Å². The summed E-state index contributed by atoms with van der Waals surface area (Å²) in [6, 6.07) is 7.51. The number of hydrogen-bond donors (Lipinski definition) is 0. The van der Waals surface area contributed by atoms with Gasteiger partial charge in [0.15, 0.2) is 0 Å². The fraction of sp³-hybridized carbons (Fsp3) is 0.417. The fourth-order valence-electron chi connectivity index (χ4n) is 1.84. The summed E-state index contributed by atoms with van der Waals surface area (Å²) in [4.78, 5) is 12.1. The van der Waals surface area contributed by atoms with E-state index in [-0.39, 0.29) is 11.8 Å². The van der Waals surface area contributed by atoms with Crippen molar-refractivity contribution < 1.29 is 4.79 Å². The van der Waals surface area contributed by atoms with Crippen molar-refractivity contribution in [3.05, 3.63) is 24.3 Å². The maximum atomic E-state index is 12.1. The van der Waals surface area contributed by atoms with E-state index in [9.17, 15) is 4.79 Å². The Morgan fingerprint density at radius 3 is 2.69 bits per heavy atom. The van der Waals surface area contributed by atoms with E-state index in [4.69, 9.17) is 0 Å². The molecule has 16 heavy (non-hydrogen) atoms. The van der Waals surface area contributed by atoms with Crippen molar-refractivity contribution in [2.75, 3.05) is 0 Å². The molecule has 4 nitrogen and oxygen atoms in total. The van der Waals surface area contributed by atoms with Crippen LogP contribution in [0, 0.1) is 5.92 Å². The molecule has 1 aromatic carbocycles. The molecule has 84 valence electrons. The minimum atomic E-state index is 0.0325. The van der Waals surface area contributed by atoms with Crippen LogP contribution in [0.3, 0.4) is 0 Å². The zero-order chi connectivity index (χ0) is 11.5. The normalized spacial score (nSPS) is 11.2. The van der Waals surface area contributed by atoms with Gasteiger partial charge in [-0.25, -0.2) is 0 Å². The molecular formula is C12H15N3O. The van der Waals surface area contributed by atoms with Gasteiger partial charge in [0.1, 0.15) is 5.52 Å². The third-order valence-electron chi connectivity index (χ3n) is 2.90. The molecule has 0 radical (unpaired) electrons. The second-order valence-corrected chi connectivity index (χ2v) is 3.84. The van der Waals surface area contributed by atoms with Crippen LogP contribution in [-0.2, 0) is 0 Å². The van der Waals surface area contributed by atoms with E-state index >= 15 is 0 Å². The molecule has 0 unspecified atom stereocenters. The van der Waals surface area contributed by atoms with Crippen LogP contribution in [0.4, 0.5) is 0 Å². The Labute approximate surface area is 94.3 Å². The quantitative estimate of drug-likeness (QED) is 0.793. The summed E-state index contributed by atoms with van der Waals surface area (Å²) >= 11 is 0. The molecule has 0 saturated heterocycles. The zero-order valence-corrected chi connectivity index (χ0v) is 9.55. The predicted molar refractivity (Wildman–Crippen MR) is 62.2 cm³/mol. The number of hydrogen-bond acceptors (Lipinski definition) is 3. The number of rotatable bonds is 3. The van der Waals surface area contributed by atoms with E-state index in [0.717, 1.165) is 23.9 Å². The van der Waals surface area contributed by atoms with Crippen molar-refractivity contribution in [2.24, 2.45) is 5.92 Å². The van der Waals surface area contributed by atoms with Gasteiger partial charge < -0.3 is 0 Å². The molecule has 2 rings (SSSR count). The van der Waals surface area contributed by atoms with Gasteiger partial charge in [-0.05, 0) is 25.0 Å². The van der Waals surface area contributed by atoms with Crippen molar-refractivity contribution in [1.82, 2.24) is 15.0 Å². The van der Waals surface area contributed by atoms with E-state index in [1.807, 2.05) is 38.1 Å². The highest BCUT2D eigenvalue weighted by atomic mass is 16.2. The standard InChI is InChI=1S/C12H15N3O/c1-3-9(4-2)12(16)15-11-8-6-5-7-10(11)13-14-15/h5-9H,3-4H2,1-2H3. The maximum Gasteiger partial charge on any atom is 0.251 e. The number of fused-ring (bicyclic) bond motifs is 1. The lowest BCUT2D eigenvalue weighted by atomic mass is 10.0. The molecule has 0 bridgehead atoms. The summed E-state index contributed by atoms with van der Waals surface area (Å²) in [5.74, 6) is 0.0730. The molecule has 0 atom stereocenters. The van der Waals surface area contributed by atoms with E-state index in [1.54, 1.807) is 0 Å². The molecule has 0 aliphatic carbocycles. The first kappa shape index (κ1) is 10.8. The highest BCUT2D eigenvalue weighted by molar-refractivity contribution is 5.89. The summed E-state index contributed by atoms with van der Waals surface area (Å²) in [6.45, 7) is 4.04. The molecule has 0 spiro atoms. The SMILES string of the molecule is CCC(CC)C(=O)n1nnc2ccccc21. The molecule has 0 saturated carbocycles. The van der Waals surface area contributed by atoms with Crippen molar-refractivity contribution in [3.8, 4) is 0 Å². The molecule has 1 aromatic heterocycles. The summed E-state index contributed by atoms with van der Waals surface area (Å²) < 4.78 is 1.42. The third-order valence-corrected chi connectivity index (χ3v) is 2.90. The van der Waals surface area contributed by atoms with Crippen molar-refractivity contribution in [1.29, 1.82) is 0 Å². The Morgan fingerprint density at radius 2 is 2.00 bits per heavy atom. The molecule has 0 amide bonds. The van der Waals surface area contributed by atoms with Crippen molar-refractivity contribution >= 4 is 16.9 Å². The maximum absolute atomic E-state index is 12.1. The first-order valence-corrected chi connectivity index (χ1v) is 5.62. The van der Waals surface area contributed by atoms with E-state index < -0.39 is 0 Å². The van der Waals surface area contributed by atoms with E-state index in [2.05, 4.69) is 10.3 Å². The first-order valence-electron chi connectivity index (χ1n) is 5.62. The van der Waals surface area contributed by atoms with Crippen LogP contribution in [0.1, 0.15) is 31.5 Å². The molecule has 0 N–H and O–H groups in total. The van der Waals surface area contributed by atoms with Gasteiger partial charge in [0.2, 0.25) is 0 Å². The van der Waals surface area contributed by atoms with E-state index in [1.165, 1.54) is 4.68 Å². The fourth-order valence-corrected chi connectivity index (χ4v) is 1.84. The summed E-state index contributed by atoms with van der Waals surface area (Å²) in [5.41, 5.74) is 1.56. The van der Waals surface area contributed by atoms with Gasteiger partial charge in [0, 0.05) is 5.92 Å². The van der Waals surface area contributed by atoms with Crippen LogP contribution in [-0.4, -0.2) is 20.9 Å². The number of benzene rings is 1. The lowest BCUT2D eigenvalue weighted by Gasteiger charge is -2.10. The van der Waals surface area contributed by atoms with Crippen molar-refractivity contribution in [3.63, 3.8) is 0 Å². The van der Waals surface area contributed by atoms with Crippen LogP contribution in [0.25, 0.3) is 11.0 Å². The average molecular weight is 217 g/mol. The molecule has 0 aliphatic rings. The number of carbonyl (C=O) groups excluding carboxylic acids is 1. The summed E-state index contributed by atoms with van der Waals surface area (Å²) in [7, 11) is 0. The minimum absolute atomic E-state index is 0.0325. The second-order valence-electron chi connectivity index (χ2n) is 3.84. The molecule has 4 heteroatoms. The number of nitrogens with zero attached hydrogens (tertiary/aromatic N) is 3.